The molecule has 104 valence electrons. The molecule has 1 aromatic carbocycles. The second-order valence-electron chi connectivity index (χ2n) is 4.66. The summed E-state index contributed by atoms with van der Waals surface area (Å²) in [4.78, 5) is 0. The van der Waals surface area contributed by atoms with E-state index in [2.05, 4.69) is 18.8 Å². The lowest BCUT2D eigenvalue weighted by Gasteiger charge is -2.07. The molecule has 0 heterocycles. The highest BCUT2D eigenvalue weighted by atomic mass is 16.5. The van der Waals surface area contributed by atoms with Crippen LogP contribution in [0.4, 0.5) is 0 Å². The number of rotatable bonds is 7. The fraction of sp³-hybridized carbons (Fsp3) is 0.529. The Kier molecular flexibility index (Phi) is 7.77. The molecular formula is C17H24O2. The molecule has 1 N–H and O–H groups in total. The summed E-state index contributed by atoms with van der Waals surface area (Å²) >= 11 is 0. The van der Waals surface area contributed by atoms with Gasteiger partial charge in [0.25, 0.3) is 0 Å². The normalized spacial score (nSPS) is 9.84. The fourth-order valence-corrected chi connectivity index (χ4v) is 1.80. The van der Waals surface area contributed by atoms with Crippen molar-refractivity contribution >= 4 is 0 Å². The topological polar surface area (TPSA) is 29.5 Å². The molecule has 19 heavy (non-hydrogen) atoms. The monoisotopic (exact) mass is 260 g/mol. The number of aryl methyl sites for hydroxylation is 1. The van der Waals surface area contributed by atoms with Crippen molar-refractivity contribution in [3.8, 4) is 17.6 Å². The molecule has 1 rings (SSSR count). The Morgan fingerprint density at radius 1 is 1.21 bits per heavy atom. The molecule has 0 saturated heterocycles. The molecule has 0 bridgehead atoms. The van der Waals surface area contributed by atoms with E-state index in [1.165, 1.54) is 19.3 Å². The van der Waals surface area contributed by atoms with Crippen molar-refractivity contribution in [3.05, 3.63) is 29.3 Å². The summed E-state index contributed by atoms with van der Waals surface area (Å²) in [7, 11) is 0. The first kappa shape index (κ1) is 15.6. The van der Waals surface area contributed by atoms with Crippen molar-refractivity contribution in [1.82, 2.24) is 0 Å². The molecule has 0 aliphatic carbocycles. The largest absolute Gasteiger partial charge is 0.494 e. The third-order valence-corrected chi connectivity index (χ3v) is 2.92. The van der Waals surface area contributed by atoms with Crippen LogP contribution < -0.4 is 4.74 Å². The van der Waals surface area contributed by atoms with Gasteiger partial charge < -0.3 is 9.84 Å². The van der Waals surface area contributed by atoms with Crippen molar-refractivity contribution in [2.45, 2.75) is 46.0 Å². The molecule has 2 heteroatoms. The number of aliphatic hydroxyl groups is 1. The zero-order valence-electron chi connectivity index (χ0n) is 12.0. The molecule has 2 nitrogen and oxygen atoms in total. The Labute approximate surface area is 116 Å². The summed E-state index contributed by atoms with van der Waals surface area (Å²) < 4.78 is 5.73. The number of ether oxygens (including phenoxy) is 1. The van der Waals surface area contributed by atoms with Gasteiger partial charge in [0.05, 0.1) is 13.2 Å². The summed E-state index contributed by atoms with van der Waals surface area (Å²) in [6.07, 6.45) is 5.41. The number of aliphatic hydroxyl groups excluding tert-OH is 1. The maximum absolute atomic E-state index is 8.69. The smallest absolute Gasteiger partial charge is 0.119 e. The van der Waals surface area contributed by atoms with Gasteiger partial charge in [-0.2, -0.15) is 0 Å². The van der Waals surface area contributed by atoms with E-state index in [-0.39, 0.29) is 6.61 Å². The molecule has 0 aromatic heterocycles. The maximum Gasteiger partial charge on any atom is 0.119 e. The van der Waals surface area contributed by atoms with E-state index in [0.717, 1.165) is 29.9 Å². The quantitative estimate of drug-likeness (QED) is 0.598. The van der Waals surface area contributed by atoms with Gasteiger partial charge in [-0.05, 0) is 37.1 Å². The molecule has 0 amide bonds. The second kappa shape index (κ2) is 9.47. The van der Waals surface area contributed by atoms with Crippen molar-refractivity contribution in [2.75, 3.05) is 13.2 Å². The van der Waals surface area contributed by atoms with E-state index in [9.17, 15) is 0 Å². The first-order chi connectivity index (χ1) is 9.27. The van der Waals surface area contributed by atoms with Crippen LogP contribution in [0.3, 0.4) is 0 Å². The van der Waals surface area contributed by atoms with E-state index in [1.54, 1.807) is 0 Å². The summed E-state index contributed by atoms with van der Waals surface area (Å²) in [6, 6.07) is 5.99. The minimum atomic E-state index is 0.116. The van der Waals surface area contributed by atoms with Crippen LogP contribution in [0, 0.1) is 18.8 Å². The standard InChI is InChI=1S/C17H24O2/c1-3-4-5-8-13-19-17-11-10-16(15(2)14-17)9-6-7-12-18/h10-11,14,18H,3-5,7-8,12-13H2,1-2H3. The van der Waals surface area contributed by atoms with Gasteiger partial charge in [-0.1, -0.05) is 38.0 Å². The van der Waals surface area contributed by atoms with Gasteiger partial charge in [-0.3, -0.25) is 0 Å². The number of unbranched alkanes of at least 4 members (excludes halogenated alkanes) is 3. The lowest BCUT2D eigenvalue weighted by Crippen LogP contribution is -1.97. The van der Waals surface area contributed by atoms with Gasteiger partial charge in [0.2, 0.25) is 0 Å². The van der Waals surface area contributed by atoms with E-state index in [1.807, 2.05) is 25.1 Å². The van der Waals surface area contributed by atoms with Crippen molar-refractivity contribution < 1.29 is 9.84 Å². The van der Waals surface area contributed by atoms with Crippen molar-refractivity contribution in [3.63, 3.8) is 0 Å². The molecule has 0 radical (unpaired) electrons. The molecule has 0 spiro atoms. The minimum absolute atomic E-state index is 0.116. The maximum atomic E-state index is 8.69. The zero-order valence-corrected chi connectivity index (χ0v) is 12.0. The van der Waals surface area contributed by atoms with Crippen molar-refractivity contribution in [1.29, 1.82) is 0 Å². The zero-order chi connectivity index (χ0) is 13.9. The molecule has 0 fully saturated rings. The Hall–Kier alpha value is -1.46. The highest BCUT2D eigenvalue weighted by Crippen LogP contribution is 2.17. The first-order valence-corrected chi connectivity index (χ1v) is 7.11. The summed E-state index contributed by atoms with van der Waals surface area (Å²) in [5.41, 5.74) is 2.13. The Bertz CT molecular complexity index is 427. The fourth-order valence-electron chi connectivity index (χ4n) is 1.80. The highest BCUT2D eigenvalue weighted by molar-refractivity contribution is 5.44. The average molecular weight is 260 g/mol. The van der Waals surface area contributed by atoms with E-state index in [4.69, 9.17) is 9.84 Å². The molecule has 0 atom stereocenters. The van der Waals surface area contributed by atoms with Gasteiger partial charge in [-0.15, -0.1) is 0 Å². The lowest BCUT2D eigenvalue weighted by atomic mass is 10.1. The molecule has 0 unspecified atom stereocenters. The molecule has 0 aliphatic rings. The number of hydrogen-bond donors (Lipinski definition) is 1. The molecular weight excluding hydrogens is 236 g/mol. The van der Waals surface area contributed by atoms with Gasteiger partial charge in [-0.25, -0.2) is 0 Å². The SMILES string of the molecule is CCCCCCOc1ccc(C#CCCO)c(C)c1. The van der Waals surface area contributed by atoms with Crippen LogP contribution in [-0.4, -0.2) is 18.3 Å². The summed E-state index contributed by atoms with van der Waals surface area (Å²) in [5, 5.41) is 8.69. The molecule has 1 aromatic rings. The molecule has 0 aliphatic heterocycles. The van der Waals surface area contributed by atoms with Gasteiger partial charge >= 0.3 is 0 Å². The van der Waals surface area contributed by atoms with Gasteiger partial charge in [0.1, 0.15) is 5.75 Å². The summed E-state index contributed by atoms with van der Waals surface area (Å²) in [5.74, 6) is 6.91. The predicted octanol–water partition coefficient (Wildman–Crippen LogP) is 3.69. The summed E-state index contributed by atoms with van der Waals surface area (Å²) in [6.45, 7) is 5.15. The third kappa shape index (κ3) is 6.31. The lowest BCUT2D eigenvalue weighted by molar-refractivity contribution is 0.304. The van der Waals surface area contributed by atoms with Crippen LogP contribution in [-0.2, 0) is 0 Å². The minimum Gasteiger partial charge on any atom is -0.494 e. The average Bonchev–Trinajstić information content (AvgIpc) is 2.41. The van der Waals surface area contributed by atoms with Crippen LogP contribution in [0.15, 0.2) is 18.2 Å². The van der Waals surface area contributed by atoms with E-state index < -0.39 is 0 Å². The Morgan fingerprint density at radius 2 is 2.05 bits per heavy atom. The second-order valence-corrected chi connectivity index (χ2v) is 4.66. The van der Waals surface area contributed by atoms with Crippen LogP contribution >= 0.6 is 0 Å². The van der Waals surface area contributed by atoms with E-state index in [0.29, 0.717) is 6.42 Å². The predicted molar refractivity (Wildman–Crippen MR) is 79.4 cm³/mol. The van der Waals surface area contributed by atoms with Gasteiger partial charge in [0.15, 0.2) is 0 Å². The number of benzene rings is 1. The Morgan fingerprint density at radius 3 is 2.74 bits per heavy atom. The van der Waals surface area contributed by atoms with Crippen LogP contribution in [0.5, 0.6) is 5.75 Å². The van der Waals surface area contributed by atoms with Gasteiger partial charge in [0, 0.05) is 12.0 Å². The first-order valence-electron chi connectivity index (χ1n) is 7.11. The molecule has 0 saturated carbocycles. The van der Waals surface area contributed by atoms with Crippen LogP contribution in [0.1, 0.15) is 50.2 Å². The third-order valence-electron chi connectivity index (χ3n) is 2.92. The van der Waals surface area contributed by atoms with Crippen LogP contribution in [0.2, 0.25) is 0 Å². The van der Waals surface area contributed by atoms with E-state index >= 15 is 0 Å². The highest BCUT2D eigenvalue weighted by Gasteiger charge is 1.99. The van der Waals surface area contributed by atoms with Crippen molar-refractivity contribution in [2.24, 2.45) is 0 Å². The number of hydrogen-bond acceptors (Lipinski definition) is 2. The van der Waals surface area contributed by atoms with Crippen LogP contribution in [0.25, 0.3) is 0 Å². The Balaban J connectivity index is 2.46.